The van der Waals surface area contributed by atoms with Crippen LogP contribution < -0.4 is 9.47 Å². The van der Waals surface area contributed by atoms with E-state index in [0.29, 0.717) is 17.9 Å². The summed E-state index contributed by atoms with van der Waals surface area (Å²) in [6.07, 6.45) is 4.42. The fraction of sp³-hybridized carbons (Fsp3) is 0.526. The number of likely N-dealkylation sites (tertiary alicyclic amines) is 1. The Kier molecular flexibility index (Phi) is 2.90. The zero-order chi connectivity index (χ0) is 17.5. The Labute approximate surface area is 145 Å². The molecule has 132 valence electrons. The Morgan fingerprint density at radius 2 is 2.24 bits per heavy atom. The summed E-state index contributed by atoms with van der Waals surface area (Å²) in [5.74, 6) is 0.263. The molecule has 5 rings (SSSR count). The first kappa shape index (κ1) is 15.2. The van der Waals surface area contributed by atoms with Crippen molar-refractivity contribution < 1.29 is 24.5 Å². The van der Waals surface area contributed by atoms with Crippen LogP contribution in [0.1, 0.15) is 27.9 Å². The van der Waals surface area contributed by atoms with Crippen LogP contribution in [0.5, 0.6) is 11.5 Å². The van der Waals surface area contributed by atoms with E-state index in [0.717, 1.165) is 24.1 Å². The standard InChI is InChI=1S/C19H21NO5/c1-20-6-5-19-10-3-4-12(21)17(19)25-14-8-13(24-2)15(18(22)23)9(16(14)19)7-11(10)20/h3-4,8,10-12,17,21H,5-7H2,1-2H3,(H,22,23)/t10-,11+,12-,17-,19-/m0/s1. The molecule has 1 spiro atoms. The second-order valence-corrected chi connectivity index (χ2v) is 7.59. The van der Waals surface area contributed by atoms with Crippen LogP contribution in [0, 0.1) is 5.92 Å². The van der Waals surface area contributed by atoms with Crippen molar-refractivity contribution in [1.29, 1.82) is 0 Å². The number of aromatic carboxylic acids is 1. The van der Waals surface area contributed by atoms with Crippen LogP contribution in [0.2, 0.25) is 0 Å². The Morgan fingerprint density at radius 1 is 1.44 bits per heavy atom. The van der Waals surface area contributed by atoms with Gasteiger partial charge in [-0.15, -0.1) is 0 Å². The predicted molar refractivity (Wildman–Crippen MR) is 89.4 cm³/mol. The molecule has 1 fully saturated rings. The number of methoxy groups -OCH3 is 1. The van der Waals surface area contributed by atoms with Crippen molar-refractivity contribution in [2.45, 2.75) is 36.5 Å². The zero-order valence-electron chi connectivity index (χ0n) is 14.2. The second-order valence-electron chi connectivity index (χ2n) is 7.59. The Balaban J connectivity index is 1.86. The van der Waals surface area contributed by atoms with E-state index in [1.54, 1.807) is 6.07 Å². The second kappa shape index (κ2) is 4.77. The lowest BCUT2D eigenvalue weighted by molar-refractivity contribution is -0.0451. The molecule has 2 N–H and O–H groups in total. The van der Waals surface area contributed by atoms with Crippen LogP contribution in [0.15, 0.2) is 18.2 Å². The highest BCUT2D eigenvalue weighted by Gasteiger charge is 2.64. The third-order valence-electron chi connectivity index (χ3n) is 6.71. The average Bonchev–Trinajstić information content (AvgIpc) is 2.92. The van der Waals surface area contributed by atoms with Gasteiger partial charge in [0, 0.05) is 29.0 Å². The average molecular weight is 343 g/mol. The lowest BCUT2D eigenvalue weighted by Crippen LogP contribution is -2.64. The van der Waals surface area contributed by atoms with Crippen molar-refractivity contribution in [3.63, 3.8) is 0 Å². The molecule has 25 heavy (non-hydrogen) atoms. The van der Waals surface area contributed by atoms with E-state index in [4.69, 9.17) is 9.47 Å². The number of aliphatic hydroxyl groups is 1. The van der Waals surface area contributed by atoms with E-state index in [9.17, 15) is 15.0 Å². The number of carbonyl (C=O) groups is 1. The summed E-state index contributed by atoms with van der Waals surface area (Å²) < 4.78 is 11.6. The van der Waals surface area contributed by atoms with E-state index in [2.05, 4.69) is 18.0 Å². The number of benzene rings is 1. The van der Waals surface area contributed by atoms with Crippen LogP contribution in [0.3, 0.4) is 0 Å². The summed E-state index contributed by atoms with van der Waals surface area (Å²) in [4.78, 5) is 14.3. The van der Waals surface area contributed by atoms with Gasteiger partial charge < -0.3 is 24.6 Å². The van der Waals surface area contributed by atoms with Crippen molar-refractivity contribution in [3.05, 3.63) is 34.9 Å². The fourth-order valence-corrected chi connectivity index (χ4v) is 5.71. The molecule has 0 aromatic heterocycles. The van der Waals surface area contributed by atoms with E-state index in [-0.39, 0.29) is 29.0 Å². The molecule has 0 radical (unpaired) electrons. The van der Waals surface area contributed by atoms with Crippen molar-refractivity contribution >= 4 is 5.97 Å². The Hall–Kier alpha value is -2.05. The molecule has 1 saturated heterocycles. The maximum Gasteiger partial charge on any atom is 0.339 e. The minimum atomic E-state index is -0.972. The van der Waals surface area contributed by atoms with Gasteiger partial charge in [-0.05, 0) is 32.0 Å². The van der Waals surface area contributed by atoms with E-state index in [1.807, 2.05) is 6.08 Å². The molecule has 6 heteroatoms. The SMILES string of the molecule is COc1cc2c3c(c1C(=O)O)C[C@@H]1[C@@H]4C=C[C@H](O)[C@H](O2)[C@]34CCN1C. The van der Waals surface area contributed by atoms with Crippen molar-refractivity contribution in [2.75, 3.05) is 20.7 Å². The number of hydrogen-bond donors (Lipinski definition) is 2. The van der Waals surface area contributed by atoms with E-state index >= 15 is 0 Å². The van der Waals surface area contributed by atoms with Gasteiger partial charge in [0.1, 0.15) is 29.3 Å². The molecule has 1 aromatic rings. The Bertz CT molecular complexity index is 819. The van der Waals surface area contributed by atoms with Gasteiger partial charge in [0.25, 0.3) is 0 Å². The lowest BCUT2D eigenvalue weighted by Gasteiger charge is -2.56. The van der Waals surface area contributed by atoms with Gasteiger partial charge in [-0.2, -0.15) is 0 Å². The topological polar surface area (TPSA) is 79.2 Å². The summed E-state index contributed by atoms with van der Waals surface area (Å²) in [6, 6.07) is 1.89. The van der Waals surface area contributed by atoms with E-state index in [1.165, 1.54) is 7.11 Å². The normalized spacial score (nSPS) is 37.4. The van der Waals surface area contributed by atoms with Crippen LogP contribution in [-0.2, 0) is 11.8 Å². The summed E-state index contributed by atoms with van der Waals surface area (Å²) in [5.41, 5.74) is 1.71. The zero-order valence-corrected chi connectivity index (χ0v) is 14.2. The molecule has 5 atom stereocenters. The van der Waals surface area contributed by atoms with Crippen LogP contribution in [-0.4, -0.2) is 60.0 Å². The number of carboxylic acids is 1. The predicted octanol–water partition coefficient (Wildman–Crippen LogP) is 1.20. The molecule has 0 saturated carbocycles. The van der Waals surface area contributed by atoms with Crippen molar-refractivity contribution in [1.82, 2.24) is 4.90 Å². The number of rotatable bonds is 2. The highest BCUT2D eigenvalue weighted by atomic mass is 16.5. The van der Waals surface area contributed by atoms with Gasteiger partial charge in [-0.25, -0.2) is 4.79 Å². The molecule has 1 aromatic carbocycles. The number of hydrogen-bond acceptors (Lipinski definition) is 5. The first-order valence-electron chi connectivity index (χ1n) is 8.70. The number of nitrogens with zero attached hydrogens (tertiary/aromatic N) is 1. The van der Waals surface area contributed by atoms with Gasteiger partial charge in [0.15, 0.2) is 0 Å². The molecular formula is C19H21NO5. The summed E-state index contributed by atoms with van der Waals surface area (Å²) in [5, 5.41) is 20.4. The molecule has 2 heterocycles. The summed E-state index contributed by atoms with van der Waals surface area (Å²) >= 11 is 0. The Morgan fingerprint density at radius 3 is 2.96 bits per heavy atom. The number of likely N-dealkylation sites (N-methyl/N-ethyl adjacent to an activating group) is 1. The molecule has 2 bridgehead atoms. The number of aliphatic hydroxyl groups excluding tert-OH is 1. The maximum absolute atomic E-state index is 12.0. The van der Waals surface area contributed by atoms with Gasteiger partial charge >= 0.3 is 5.97 Å². The van der Waals surface area contributed by atoms with Crippen molar-refractivity contribution in [2.24, 2.45) is 5.92 Å². The minimum absolute atomic E-state index is 0.201. The van der Waals surface area contributed by atoms with Crippen LogP contribution in [0.25, 0.3) is 0 Å². The number of piperidine rings is 1. The monoisotopic (exact) mass is 343 g/mol. The maximum atomic E-state index is 12.0. The summed E-state index contributed by atoms with van der Waals surface area (Å²) in [7, 11) is 3.57. The minimum Gasteiger partial charge on any atom is -0.496 e. The third-order valence-corrected chi connectivity index (χ3v) is 6.71. The largest absolute Gasteiger partial charge is 0.496 e. The molecular weight excluding hydrogens is 322 g/mol. The van der Waals surface area contributed by atoms with Crippen LogP contribution >= 0.6 is 0 Å². The molecule has 2 aliphatic heterocycles. The van der Waals surface area contributed by atoms with Gasteiger partial charge in [-0.3, -0.25) is 0 Å². The molecule has 0 amide bonds. The molecule has 0 unspecified atom stereocenters. The quantitative estimate of drug-likeness (QED) is 0.786. The lowest BCUT2D eigenvalue weighted by atomic mass is 9.53. The first-order chi connectivity index (χ1) is 12.0. The van der Waals surface area contributed by atoms with Gasteiger partial charge in [-0.1, -0.05) is 12.2 Å². The highest BCUT2D eigenvalue weighted by Crippen LogP contribution is 2.62. The van der Waals surface area contributed by atoms with Crippen molar-refractivity contribution in [3.8, 4) is 11.5 Å². The first-order valence-corrected chi connectivity index (χ1v) is 8.70. The summed E-state index contributed by atoms with van der Waals surface area (Å²) in [6.45, 7) is 0.912. The molecule has 6 nitrogen and oxygen atoms in total. The number of ether oxygens (including phenoxy) is 2. The number of carboxylic acid groups (broad SMARTS) is 1. The van der Waals surface area contributed by atoms with Gasteiger partial charge in [0.2, 0.25) is 0 Å². The van der Waals surface area contributed by atoms with Crippen LogP contribution in [0.4, 0.5) is 0 Å². The highest BCUT2D eigenvalue weighted by molar-refractivity contribution is 5.94. The molecule has 4 aliphatic rings. The molecule has 2 aliphatic carbocycles. The fourth-order valence-electron chi connectivity index (χ4n) is 5.71. The van der Waals surface area contributed by atoms with E-state index < -0.39 is 12.1 Å². The van der Waals surface area contributed by atoms with Gasteiger partial charge in [0.05, 0.1) is 7.11 Å². The third kappa shape index (κ3) is 1.64. The smallest absolute Gasteiger partial charge is 0.339 e.